The van der Waals surface area contributed by atoms with Gasteiger partial charge in [-0.25, -0.2) is 0 Å². The predicted molar refractivity (Wildman–Crippen MR) is 86.2 cm³/mol. The van der Waals surface area contributed by atoms with E-state index >= 15 is 0 Å². The molecule has 0 heterocycles. The van der Waals surface area contributed by atoms with E-state index < -0.39 is 0 Å². The highest BCUT2D eigenvalue weighted by Gasteiger charge is 2.23. The van der Waals surface area contributed by atoms with Crippen molar-refractivity contribution in [1.82, 2.24) is 0 Å². The average Bonchev–Trinajstić information content (AvgIpc) is 2.54. The third-order valence-corrected chi connectivity index (χ3v) is 4.58. The van der Waals surface area contributed by atoms with Gasteiger partial charge < -0.3 is 4.74 Å². The first-order chi connectivity index (χ1) is 10.2. The second kappa shape index (κ2) is 8.20. The molecule has 1 fully saturated rings. The Hall–Kier alpha value is -1.33. The van der Waals surface area contributed by atoms with Crippen molar-refractivity contribution in [2.75, 3.05) is 6.61 Å². The zero-order valence-corrected chi connectivity index (χ0v) is 13.3. The lowest BCUT2D eigenvalue weighted by atomic mass is 9.82. The summed E-state index contributed by atoms with van der Waals surface area (Å²) >= 11 is 0. The standard InChI is InChI=1S/C19H27NO/c1-3-4-15(2)14-21-19-11-9-18(10-12-19)17-7-5-16(13-20)6-8-17/h5-8,15,18-19H,3-4,9-12,14H2,1-2H3. The number of benzene rings is 1. The van der Waals surface area contributed by atoms with E-state index in [0.717, 1.165) is 12.2 Å². The third kappa shape index (κ3) is 4.86. The molecule has 0 aliphatic heterocycles. The summed E-state index contributed by atoms with van der Waals surface area (Å²) in [7, 11) is 0. The number of nitriles is 1. The topological polar surface area (TPSA) is 33.0 Å². The zero-order valence-electron chi connectivity index (χ0n) is 13.3. The van der Waals surface area contributed by atoms with Gasteiger partial charge in [0.05, 0.1) is 17.7 Å². The zero-order chi connectivity index (χ0) is 15.1. The SMILES string of the molecule is CCCC(C)COC1CCC(c2ccc(C#N)cc2)CC1. The first kappa shape index (κ1) is 16.0. The molecule has 21 heavy (non-hydrogen) atoms. The molecule has 0 spiro atoms. The van der Waals surface area contributed by atoms with Gasteiger partial charge in [0.1, 0.15) is 0 Å². The van der Waals surface area contributed by atoms with Gasteiger partial charge in [0.15, 0.2) is 0 Å². The lowest BCUT2D eigenvalue weighted by molar-refractivity contribution is 0.00621. The van der Waals surface area contributed by atoms with Crippen molar-refractivity contribution in [3.05, 3.63) is 35.4 Å². The van der Waals surface area contributed by atoms with E-state index in [1.165, 1.54) is 44.1 Å². The van der Waals surface area contributed by atoms with Crippen LogP contribution < -0.4 is 0 Å². The maximum Gasteiger partial charge on any atom is 0.0991 e. The van der Waals surface area contributed by atoms with E-state index in [1.807, 2.05) is 12.1 Å². The largest absolute Gasteiger partial charge is 0.378 e. The molecule has 1 saturated carbocycles. The van der Waals surface area contributed by atoms with Crippen LogP contribution in [0.1, 0.15) is 69.4 Å². The fourth-order valence-electron chi connectivity index (χ4n) is 3.27. The average molecular weight is 285 g/mol. The first-order valence-electron chi connectivity index (χ1n) is 8.34. The Balaban J connectivity index is 1.76. The molecular formula is C19H27NO. The lowest BCUT2D eigenvalue weighted by Crippen LogP contribution is -2.23. The molecule has 1 aliphatic carbocycles. The van der Waals surface area contributed by atoms with Crippen LogP contribution in [-0.4, -0.2) is 12.7 Å². The number of rotatable bonds is 6. The van der Waals surface area contributed by atoms with Crippen LogP contribution in [0.25, 0.3) is 0 Å². The summed E-state index contributed by atoms with van der Waals surface area (Å²) in [5.74, 6) is 1.33. The molecule has 2 heteroatoms. The van der Waals surface area contributed by atoms with Crippen LogP contribution >= 0.6 is 0 Å². The highest BCUT2D eigenvalue weighted by molar-refractivity contribution is 5.33. The molecule has 2 rings (SSSR count). The summed E-state index contributed by atoms with van der Waals surface area (Å²) in [6.07, 6.45) is 7.72. The van der Waals surface area contributed by atoms with Gasteiger partial charge in [0, 0.05) is 6.61 Å². The van der Waals surface area contributed by atoms with Crippen LogP contribution in [-0.2, 0) is 4.74 Å². The Labute approximate surface area is 129 Å². The van der Waals surface area contributed by atoms with Crippen molar-refractivity contribution in [2.45, 2.75) is 64.4 Å². The van der Waals surface area contributed by atoms with Gasteiger partial charge in [0.2, 0.25) is 0 Å². The second-order valence-corrected chi connectivity index (χ2v) is 6.43. The van der Waals surface area contributed by atoms with Gasteiger partial charge in [-0.05, 0) is 61.6 Å². The Kier molecular flexibility index (Phi) is 6.26. The smallest absolute Gasteiger partial charge is 0.0991 e. The maximum absolute atomic E-state index is 8.85. The van der Waals surface area contributed by atoms with Gasteiger partial charge in [-0.3, -0.25) is 0 Å². The molecular weight excluding hydrogens is 258 g/mol. The van der Waals surface area contributed by atoms with E-state index in [0.29, 0.717) is 17.9 Å². The summed E-state index contributed by atoms with van der Waals surface area (Å²) in [6, 6.07) is 10.3. The molecule has 1 aromatic carbocycles. The molecule has 1 atom stereocenters. The Bertz CT molecular complexity index is 451. The number of nitrogens with zero attached hydrogens (tertiary/aromatic N) is 1. The summed E-state index contributed by atoms with van der Waals surface area (Å²) in [4.78, 5) is 0. The molecule has 0 radical (unpaired) electrons. The van der Waals surface area contributed by atoms with Crippen LogP contribution in [0.15, 0.2) is 24.3 Å². The van der Waals surface area contributed by atoms with Crippen LogP contribution in [0.5, 0.6) is 0 Å². The summed E-state index contributed by atoms with van der Waals surface area (Å²) in [6.45, 7) is 5.44. The maximum atomic E-state index is 8.85. The van der Waals surface area contributed by atoms with Gasteiger partial charge in [-0.1, -0.05) is 32.4 Å². The van der Waals surface area contributed by atoms with Crippen molar-refractivity contribution >= 4 is 0 Å². The highest BCUT2D eigenvalue weighted by atomic mass is 16.5. The summed E-state index contributed by atoms with van der Waals surface area (Å²) in [5.41, 5.74) is 2.13. The fraction of sp³-hybridized carbons (Fsp3) is 0.632. The number of hydrogen-bond donors (Lipinski definition) is 0. The lowest BCUT2D eigenvalue weighted by Gasteiger charge is -2.29. The number of ether oxygens (including phenoxy) is 1. The predicted octanol–water partition coefficient (Wildman–Crippen LogP) is 5.04. The molecule has 1 aromatic rings. The van der Waals surface area contributed by atoms with Gasteiger partial charge in [0.25, 0.3) is 0 Å². The molecule has 1 aliphatic rings. The molecule has 0 amide bonds. The summed E-state index contributed by atoms with van der Waals surface area (Å²) in [5, 5.41) is 8.85. The Morgan fingerprint density at radius 1 is 1.19 bits per heavy atom. The van der Waals surface area contributed by atoms with E-state index in [-0.39, 0.29) is 0 Å². The Morgan fingerprint density at radius 2 is 1.86 bits per heavy atom. The van der Waals surface area contributed by atoms with Crippen molar-refractivity contribution in [1.29, 1.82) is 5.26 Å². The van der Waals surface area contributed by atoms with Crippen molar-refractivity contribution < 1.29 is 4.74 Å². The normalized spacial score (nSPS) is 23.5. The molecule has 0 saturated heterocycles. The minimum atomic E-state index is 0.457. The van der Waals surface area contributed by atoms with Crippen LogP contribution in [0.2, 0.25) is 0 Å². The molecule has 0 N–H and O–H groups in total. The first-order valence-corrected chi connectivity index (χ1v) is 8.34. The minimum Gasteiger partial charge on any atom is -0.378 e. The van der Waals surface area contributed by atoms with Crippen LogP contribution in [0.4, 0.5) is 0 Å². The second-order valence-electron chi connectivity index (χ2n) is 6.43. The van der Waals surface area contributed by atoms with Crippen molar-refractivity contribution in [2.24, 2.45) is 5.92 Å². The number of hydrogen-bond acceptors (Lipinski definition) is 2. The van der Waals surface area contributed by atoms with E-state index in [9.17, 15) is 0 Å². The minimum absolute atomic E-state index is 0.457. The molecule has 0 bridgehead atoms. The monoisotopic (exact) mass is 285 g/mol. The molecule has 114 valence electrons. The van der Waals surface area contributed by atoms with E-state index in [1.54, 1.807) is 0 Å². The van der Waals surface area contributed by atoms with Crippen LogP contribution in [0, 0.1) is 17.2 Å². The van der Waals surface area contributed by atoms with Crippen molar-refractivity contribution in [3.8, 4) is 6.07 Å². The quantitative estimate of drug-likeness (QED) is 0.733. The van der Waals surface area contributed by atoms with Gasteiger partial charge in [-0.2, -0.15) is 5.26 Å². The van der Waals surface area contributed by atoms with E-state index in [4.69, 9.17) is 10.00 Å². The summed E-state index contributed by atoms with van der Waals surface area (Å²) < 4.78 is 6.07. The molecule has 0 aromatic heterocycles. The van der Waals surface area contributed by atoms with Gasteiger partial charge in [-0.15, -0.1) is 0 Å². The Morgan fingerprint density at radius 3 is 2.43 bits per heavy atom. The highest BCUT2D eigenvalue weighted by Crippen LogP contribution is 2.34. The third-order valence-electron chi connectivity index (χ3n) is 4.58. The molecule has 2 nitrogen and oxygen atoms in total. The van der Waals surface area contributed by atoms with E-state index in [2.05, 4.69) is 32.0 Å². The van der Waals surface area contributed by atoms with Crippen molar-refractivity contribution in [3.63, 3.8) is 0 Å². The van der Waals surface area contributed by atoms with Gasteiger partial charge >= 0.3 is 0 Å². The fourth-order valence-corrected chi connectivity index (χ4v) is 3.27. The molecule has 1 unspecified atom stereocenters. The van der Waals surface area contributed by atoms with Crippen LogP contribution in [0.3, 0.4) is 0 Å².